The van der Waals surface area contributed by atoms with Crippen molar-refractivity contribution in [2.45, 2.75) is 25.3 Å². The molecule has 0 saturated carbocycles. The summed E-state index contributed by atoms with van der Waals surface area (Å²) < 4.78 is 8.03. The summed E-state index contributed by atoms with van der Waals surface area (Å²) in [5.41, 5.74) is 2.76. The highest BCUT2D eigenvalue weighted by molar-refractivity contribution is 5.45. The van der Waals surface area contributed by atoms with Crippen molar-refractivity contribution in [2.75, 3.05) is 13.7 Å². The van der Waals surface area contributed by atoms with Gasteiger partial charge in [0.25, 0.3) is 0 Å². The molecule has 2 aromatic rings. The van der Waals surface area contributed by atoms with Crippen molar-refractivity contribution in [1.82, 2.24) is 14.9 Å². The van der Waals surface area contributed by atoms with Crippen molar-refractivity contribution in [2.24, 2.45) is 7.05 Å². The third-order valence-corrected chi connectivity index (χ3v) is 4.08. The topological polar surface area (TPSA) is 39.1 Å². The molecule has 0 fully saturated rings. The van der Waals surface area contributed by atoms with E-state index in [4.69, 9.17) is 4.74 Å². The second kappa shape index (κ2) is 5.67. The molecule has 1 aliphatic rings. The van der Waals surface area contributed by atoms with Crippen molar-refractivity contribution < 1.29 is 4.74 Å². The first-order valence-electron chi connectivity index (χ1n) is 7.17. The molecule has 0 amide bonds. The molecule has 1 aromatic heterocycles. The van der Waals surface area contributed by atoms with Crippen LogP contribution in [0, 0.1) is 0 Å². The number of fused-ring (bicyclic) bond motifs is 1. The van der Waals surface area contributed by atoms with Crippen LogP contribution in [-0.4, -0.2) is 23.2 Å². The fraction of sp³-hybridized carbons (Fsp3) is 0.438. The number of nitrogens with zero attached hydrogens (tertiary/aromatic N) is 2. The van der Waals surface area contributed by atoms with Crippen LogP contribution in [0.5, 0.6) is 5.75 Å². The van der Waals surface area contributed by atoms with E-state index in [1.165, 1.54) is 11.1 Å². The lowest BCUT2D eigenvalue weighted by Crippen LogP contribution is -2.12. The zero-order valence-corrected chi connectivity index (χ0v) is 12.1. The first-order valence-corrected chi connectivity index (χ1v) is 7.17. The Morgan fingerprint density at radius 3 is 3.10 bits per heavy atom. The van der Waals surface area contributed by atoms with Gasteiger partial charge in [-0.1, -0.05) is 12.1 Å². The van der Waals surface area contributed by atoms with Crippen molar-refractivity contribution in [3.8, 4) is 5.75 Å². The molecule has 1 heterocycles. The van der Waals surface area contributed by atoms with E-state index in [-0.39, 0.29) is 0 Å². The number of aromatic nitrogens is 2. The van der Waals surface area contributed by atoms with Gasteiger partial charge in [-0.25, -0.2) is 4.98 Å². The van der Waals surface area contributed by atoms with Gasteiger partial charge in [0.05, 0.1) is 6.61 Å². The quantitative estimate of drug-likeness (QED) is 0.906. The highest BCUT2D eigenvalue weighted by Gasteiger charge is 2.23. The molecule has 0 saturated heterocycles. The van der Waals surface area contributed by atoms with E-state index in [2.05, 4.69) is 28.5 Å². The van der Waals surface area contributed by atoms with Gasteiger partial charge in [0.2, 0.25) is 0 Å². The predicted molar refractivity (Wildman–Crippen MR) is 79.0 cm³/mol. The van der Waals surface area contributed by atoms with Crippen molar-refractivity contribution in [3.05, 3.63) is 47.5 Å². The summed E-state index contributed by atoms with van der Waals surface area (Å²) in [5, 5.41) is 3.36. The van der Waals surface area contributed by atoms with Crippen LogP contribution in [0.25, 0.3) is 0 Å². The van der Waals surface area contributed by atoms with Crippen LogP contribution in [0.2, 0.25) is 0 Å². The van der Waals surface area contributed by atoms with E-state index in [9.17, 15) is 0 Å². The molecular formula is C16H21N3O. The molecule has 0 radical (unpaired) electrons. The minimum Gasteiger partial charge on any atom is -0.493 e. The lowest BCUT2D eigenvalue weighted by atomic mass is 10.1. The van der Waals surface area contributed by atoms with Gasteiger partial charge < -0.3 is 14.6 Å². The van der Waals surface area contributed by atoms with E-state index in [1.54, 1.807) is 0 Å². The maximum Gasteiger partial charge on any atom is 0.122 e. The number of imidazole rings is 1. The monoisotopic (exact) mass is 271 g/mol. The lowest BCUT2D eigenvalue weighted by molar-refractivity contribution is 0.314. The van der Waals surface area contributed by atoms with E-state index in [1.807, 2.05) is 31.1 Å². The first-order chi connectivity index (χ1) is 9.79. The van der Waals surface area contributed by atoms with Gasteiger partial charge in [0, 0.05) is 31.9 Å². The number of nitrogens with one attached hydrogen (secondary N) is 1. The first kappa shape index (κ1) is 13.2. The van der Waals surface area contributed by atoms with Gasteiger partial charge in [-0.15, -0.1) is 0 Å². The Bertz CT molecular complexity index is 591. The molecule has 106 valence electrons. The summed E-state index contributed by atoms with van der Waals surface area (Å²) in [6.07, 6.45) is 6.88. The zero-order valence-electron chi connectivity index (χ0n) is 12.1. The number of aryl methyl sites for hydroxylation is 1. The molecule has 0 aliphatic heterocycles. The standard InChI is InChI=1S/C16H21N3O/c1-17-14-7-6-13-12(14)4-3-5-15(13)20-11-8-16-18-9-10-19(16)2/h3-5,9-10,14,17H,6-8,11H2,1-2H3. The van der Waals surface area contributed by atoms with Crippen LogP contribution in [0.3, 0.4) is 0 Å². The highest BCUT2D eigenvalue weighted by atomic mass is 16.5. The maximum absolute atomic E-state index is 5.99. The smallest absolute Gasteiger partial charge is 0.122 e. The number of benzene rings is 1. The van der Waals surface area contributed by atoms with Crippen LogP contribution in [0.15, 0.2) is 30.6 Å². The Morgan fingerprint density at radius 2 is 2.35 bits per heavy atom. The van der Waals surface area contributed by atoms with E-state index in [0.29, 0.717) is 12.6 Å². The maximum atomic E-state index is 5.99. The second-order valence-corrected chi connectivity index (χ2v) is 5.26. The lowest BCUT2D eigenvalue weighted by Gasteiger charge is -2.13. The number of hydrogen-bond donors (Lipinski definition) is 1. The SMILES string of the molecule is CNC1CCc2c(OCCc3nccn3C)cccc21. The predicted octanol–water partition coefficient (Wildman–Crippen LogP) is 2.25. The number of hydrogen-bond acceptors (Lipinski definition) is 3. The molecule has 4 nitrogen and oxygen atoms in total. The van der Waals surface area contributed by atoms with Crippen LogP contribution in [-0.2, 0) is 19.9 Å². The van der Waals surface area contributed by atoms with Crippen LogP contribution < -0.4 is 10.1 Å². The van der Waals surface area contributed by atoms with Crippen molar-refractivity contribution in [1.29, 1.82) is 0 Å². The molecule has 1 atom stereocenters. The normalized spacial score (nSPS) is 17.2. The third kappa shape index (κ3) is 2.43. The molecule has 0 bridgehead atoms. The number of ether oxygens (including phenoxy) is 1. The van der Waals surface area contributed by atoms with Crippen LogP contribution >= 0.6 is 0 Å². The van der Waals surface area contributed by atoms with Gasteiger partial charge in [-0.2, -0.15) is 0 Å². The summed E-state index contributed by atoms with van der Waals surface area (Å²) in [6.45, 7) is 0.672. The van der Waals surface area contributed by atoms with Crippen LogP contribution in [0.4, 0.5) is 0 Å². The molecule has 1 aliphatic carbocycles. The van der Waals surface area contributed by atoms with E-state index in [0.717, 1.165) is 30.8 Å². The Morgan fingerprint density at radius 1 is 1.45 bits per heavy atom. The van der Waals surface area contributed by atoms with Crippen molar-refractivity contribution in [3.63, 3.8) is 0 Å². The summed E-state index contributed by atoms with van der Waals surface area (Å²) in [6, 6.07) is 6.85. The molecule has 1 unspecified atom stereocenters. The molecular weight excluding hydrogens is 250 g/mol. The second-order valence-electron chi connectivity index (χ2n) is 5.26. The average Bonchev–Trinajstić information content (AvgIpc) is 3.06. The Labute approximate surface area is 119 Å². The van der Waals surface area contributed by atoms with Gasteiger partial charge >= 0.3 is 0 Å². The third-order valence-electron chi connectivity index (χ3n) is 4.08. The summed E-state index contributed by atoms with van der Waals surface area (Å²) >= 11 is 0. The fourth-order valence-electron chi connectivity index (χ4n) is 2.95. The van der Waals surface area contributed by atoms with E-state index < -0.39 is 0 Å². The minimum atomic E-state index is 0.475. The fourth-order valence-corrected chi connectivity index (χ4v) is 2.95. The zero-order chi connectivity index (χ0) is 13.9. The van der Waals surface area contributed by atoms with Gasteiger partial charge in [0.1, 0.15) is 11.6 Å². The summed E-state index contributed by atoms with van der Waals surface area (Å²) in [5.74, 6) is 2.10. The van der Waals surface area contributed by atoms with E-state index >= 15 is 0 Å². The largest absolute Gasteiger partial charge is 0.493 e. The molecule has 4 heteroatoms. The Balaban J connectivity index is 1.67. The molecule has 20 heavy (non-hydrogen) atoms. The van der Waals surface area contributed by atoms with Crippen LogP contribution in [0.1, 0.15) is 29.4 Å². The Hall–Kier alpha value is -1.81. The molecule has 0 spiro atoms. The minimum absolute atomic E-state index is 0.475. The van der Waals surface area contributed by atoms with Gasteiger partial charge in [-0.3, -0.25) is 0 Å². The highest BCUT2D eigenvalue weighted by Crippen LogP contribution is 2.36. The van der Waals surface area contributed by atoms with Gasteiger partial charge in [-0.05, 0) is 37.1 Å². The summed E-state index contributed by atoms with van der Waals surface area (Å²) in [4.78, 5) is 4.32. The molecule has 3 rings (SSSR count). The average molecular weight is 271 g/mol. The molecule has 1 N–H and O–H groups in total. The summed E-state index contributed by atoms with van der Waals surface area (Å²) in [7, 11) is 4.04. The van der Waals surface area contributed by atoms with Gasteiger partial charge in [0.15, 0.2) is 0 Å². The Kier molecular flexibility index (Phi) is 3.74. The number of rotatable bonds is 5. The molecule has 1 aromatic carbocycles. The van der Waals surface area contributed by atoms with Crippen molar-refractivity contribution >= 4 is 0 Å².